The van der Waals surface area contributed by atoms with Crippen LogP contribution in [0.4, 0.5) is 17.1 Å². The SMILES string of the molecule is CC1(C)c2ccccc2-c2ccc(N(c3ccc4sc5ccccc5c4c3)c3ccc(-c4cccc5c4oc4ccccc45)c4c3C3(c5ccccc5S4)c4ccccc4-c4ccccc43)cc21. The van der Waals surface area contributed by atoms with Gasteiger partial charge in [-0.25, -0.2) is 0 Å². The molecule has 0 amide bonds. The molecular formula is C64H41NOS2. The molecule has 0 unspecified atom stereocenters. The molecule has 0 atom stereocenters. The van der Waals surface area contributed by atoms with Crippen molar-refractivity contribution >= 4 is 82.3 Å². The van der Waals surface area contributed by atoms with Crippen molar-refractivity contribution in [1.82, 2.24) is 0 Å². The highest BCUT2D eigenvalue weighted by Crippen LogP contribution is 2.66. The summed E-state index contributed by atoms with van der Waals surface area (Å²) < 4.78 is 9.47. The Labute approximate surface area is 402 Å². The Hall–Kier alpha value is -7.63. The van der Waals surface area contributed by atoms with E-state index >= 15 is 0 Å². The van der Waals surface area contributed by atoms with Crippen LogP contribution in [-0.2, 0) is 10.8 Å². The Balaban J connectivity index is 1.10. The van der Waals surface area contributed by atoms with Gasteiger partial charge in [0.25, 0.3) is 0 Å². The highest BCUT2D eigenvalue weighted by atomic mass is 32.2. The predicted molar refractivity (Wildman–Crippen MR) is 286 cm³/mol. The minimum Gasteiger partial charge on any atom is -0.455 e. The minimum absolute atomic E-state index is 0.185. The third kappa shape index (κ3) is 5.03. The van der Waals surface area contributed by atoms with Gasteiger partial charge in [-0.15, -0.1) is 11.3 Å². The van der Waals surface area contributed by atoms with E-state index in [1.807, 2.05) is 23.1 Å². The number of nitrogens with zero attached hydrogens (tertiary/aromatic N) is 1. The summed E-state index contributed by atoms with van der Waals surface area (Å²) >= 11 is 3.77. The molecule has 0 fully saturated rings. The maximum absolute atomic E-state index is 6.88. The molecule has 0 saturated carbocycles. The van der Waals surface area contributed by atoms with Crippen molar-refractivity contribution in [3.05, 3.63) is 246 Å². The van der Waals surface area contributed by atoms with Gasteiger partial charge in [-0.3, -0.25) is 0 Å². The summed E-state index contributed by atoms with van der Waals surface area (Å²) in [4.78, 5) is 5.09. The lowest BCUT2D eigenvalue weighted by molar-refractivity contribution is 0.660. The summed E-state index contributed by atoms with van der Waals surface area (Å²) in [6.07, 6.45) is 0. The molecule has 15 rings (SSSR count). The van der Waals surface area contributed by atoms with Crippen LogP contribution in [-0.4, -0.2) is 0 Å². The molecule has 1 spiro atoms. The first-order valence-corrected chi connectivity index (χ1v) is 25.1. The summed E-state index contributed by atoms with van der Waals surface area (Å²) in [7, 11) is 0. The summed E-state index contributed by atoms with van der Waals surface area (Å²) in [5.74, 6) is 0. The van der Waals surface area contributed by atoms with E-state index in [1.165, 1.54) is 91.2 Å². The van der Waals surface area contributed by atoms with E-state index in [0.717, 1.165) is 44.6 Å². The number of thiophene rings is 1. The topological polar surface area (TPSA) is 16.4 Å². The maximum Gasteiger partial charge on any atom is 0.143 e. The van der Waals surface area contributed by atoms with Crippen LogP contribution in [0.25, 0.3) is 75.5 Å². The lowest BCUT2D eigenvalue weighted by Crippen LogP contribution is -2.34. The normalized spacial score (nSPS) is 14.5. The molecule has 4 heteroatoms. The number of para-hydroxylation sites is 2. The van der Waals surface area contributed by atoms with Crippen LogP contribution in [0.2, 0.25) is 0 Å². The molecule has 2 aromatic heterocycles. The van der Waals surface area contributed by atoms with Crippen molar-refractivity contribution in [2.75, 3.05) is 4.90 Å². The molecule has 3 heterocycles. The molecule has 0 N–H and O–H groups in total. The molecule has 1 aliphatic heterocycles. The number of benzene rings is 10. The largest absolute Gasteiger partial charge is 0.455 e. The van der Waals surface area contributed by atoms with E-state index < -0.39 is 5.41 Å². The molecule has 3 aliphatic rings. The summed E-state index contributed by atoms with van der Waals surface area (Å²) in [5.41, 5.74) is 19.7. The first-order valence-electron chi connectivity index (χ1n) is 23.5. The van der Waals surface area contributed by atoms with E-state index in [9.17, 15) is 0 Å². The van der Waals surface area contributed by atoms with Crippen LogP contribution in [0.3, 0.4) is 0 Å². The molecule has 320 valence electrons. The average Bonchev–Trinajstić information content (AvgIpc) is 4.10. The summed E-state index contributed by atoms with van der Waals surface area (Å²) in [6.45, 7) is 4.78. The summed E-state index contributed by atoms with van der Waals surface area (Å²) in [6, 6.07) is 79.7. The zero-order valence-electron chi connectivity index (χ0n) is 37.4. The van der Waals surface area contributed by atoms with Gasteiger partial charge < -0.3 is 9.32 Å². The van der Waals surface area contributed by atoms with Crippen molar-refractivity contribution in [2.45, 2.75) is 34.5 Å². The third-order valence-corrected chi connectivity index (χ3v) is 17.7. The highest BCUT2D eigenvalue weighted by molar-refractivity contribution is 7.99. The number of hydrogen-bond donors (Lipinski definition) is 0. The third-order valence-electron chi connectivity index (χ3n) is 15.3. The molecule has 2 aliphatic carbocycles. The van der Waals surface area contributed by atoms with Gasteiger partial charge in [0.15, 0.2) is 0 Å². The van der Waals surface area contributed by atoms with Crippen LogP contribution >= 0.6 is 23.1 Å². The van der Waals surface area contributed by atoms with E-state index in [-0.39, 0.29) is 5.41 Å². The predicted octanol–water partition coefficient (Wildman–Crippen LogP) is 18.2. The van der Waals surface area contributed by atoms with Crippen LogP contribution in [0, 0.1) is 0 Å². The molecule has 10 aromatic carbocycles. The van der Waals surface area contributed by atoms with E-state index in [4.69, 9.17) is 4.42 Å². The van der Waals surface area contributed by atoms with Gasteiger partial charge in [-0.2, -0.15) is 0 Å². The Morgan fingerprint density at radius 2 is 0.985 bits per heavy atom. The number of anilines is 3. The van der Waals surface area contributed by atoms with Gasteiger partial charge in [0.05, 0.1) is 11.1 Å². The van der Waals surface area contributed by atoms with Gasteiger partial charge in [0, 0.05) is 68.7 Å². The molecule has 0 saturated heterocycles. The fourth-order valence-corrected chi connectivity index (χ4v) is 14.8. The van der Waals surface area contributed by atoms with Crippen molar-refractivity contribution in [2.24, 2.45) is 0 Å². The second-order valence-corrected chi connectivity index (χ2v) is 21.2. The number of rotatable bonds is 4. The van der Waals surface area contributed by atoms with Crippen LogP contribution in [0.5, 0.6) is 0 Å². The minimum atomic E-state index is -0.666. The second kappa shape index (κ2) is 14.0. The highest BCUT2D eigenvalue weighted by Gasteiger charge is 2.52. The van der Waals surface area contributed by atoms with Crippen molar-refractivity contribution < 1.29 is 4.42 Å². The Bertz CT molecular complexity index is 4090. The fraction of sp³-hybridized carbons (Fsp3) is 0.0625. The zero-order valence-corrected chi connectivity index (χ0v) is 39.0. The number of fused-ring (bicyclic) bond motifs is 18. The number of furan rings is 1. The molecule has 12 aromatic rings. The monoisotopic (exact) mass is 903 g/mol. The number of hydrogen-bond acceptors (Lipinski definition) is 4. The van der Waals surface area contributed by atoms with E-state index in [0.29, 0.717) is 0 Å². The Morgan fingerprint density at radius 3 is 1.79 bits per heavy atom. The standard InChI is InChI=1S/C64H41NOS2/c1-63(2)50-23-8-3-16-40(50)43-32-30-39(37-54(43)63)65(38-31-35-58-49(36-38)45-20-7-13-28-57(45)67-58)55-34-33-48(47-22-15-21-46-44-19-6-12-27-56(44)66-61(46)47)62-60(55)64(53-26-11-14-29-59(53)68-62)51-24-9-4-17-41(51)42-18-5-10-25-52(42)64/h3-37H,1-2H3. The molecule has 0 radical (unpaired) electrons. The van der Waals surface area contributed by atoms with Gasteiger partial charge in [-0.1, -0.05) is 183 Å². The second-order valence-electron chi connectivity index (χ2n) is 19.1. The Kier molecular flexibility index (Phi) is 7.90. The Morgan fingerprint density at radius 1 is 0.412 bits per heavy atom. The fourth-order valence-electron chi connectivity index (χ4n) is 12.4. The van der Waals surface area contributed by atoms with Crippen molar-refractivity contribution in [1.29, 1.82) is 0 Å². The average molecular weight is 904 g/mol. The molecule has 0 bridgehead atoms. The molecule has 2 nitrogen and oxygen atoms in total. The maximum atomic E-state index is 6.88. The van der Waals surface area contributed by atoms with Gasteiger partial charge in [0.1, 0.15) is 11.2 Å². The lowest BCUT2D eigenvalue weighted by atomic mass is 9.66. The van der Waals surface area contributed by atoms with Crippen LogP contribution in [0.15, 0.2) is 227 Å². The first-order chi connectivity index (χ1) is 33.5. The quantitative estimate of drug-likeness (QED) is 0.175. The molecule has 68 heavy (non-hydrogen) atoms. The van der Waals surface area contributed by atoms with Crippen molar-refractivity contribution in [3.63, 3.8) is 0 Å². The first kappa shape index (κ1) is 38.5. The van der Waals surface area contributed by atoms with E-state index in [2.05, 4.69) is 231 Å². The smallest absolute Gasteiger partial charge is 0.143 e. The van der Waals surface area contributed by atoms with Crippen LogP contribution < -0.4 is 4.90 Å². The van der Waals surface area contributed by atoms with E-state index in [1.54, 1.807) is 0 Å². The van der Waals surface area contributed by atoms with Crippen LogP contribution in [0.1, 0.15) is 47.2 Å². The van der Waals surface area contributed by atoms with Gasteiger partial charge in [0.2, 0.25) is 0 Å². The van der Waals surface area contributed by atoms with Gasteiger partial charge in [-0.05, 0) is 110 Å². The summed E-state index contributed by atoms with van der Waals surface area (Å²) in [5, 5.41) is 4.82. The van der Waals surface area contributed by atoms with Gasteiger partial charge >= 0.3 is 0 Å². The van der Waals surface area contributed by atoms with Crippen molar-refractivity contribution in [3.8, 4) is 33.4 Å². The molecular weight excluding hydrogens is 863 g/mol. The lowest BCUT2D eigenvalue weighted by Gasteiger charge is -2.43. The zero-order chi connectivity index (χ0) is 44.9.